The average molecular weight is 279 g/mol. The molecule has 0 aliphatic heterocycles. The van der Waals surface area contributed by atoms with Crippen LogP contribution in [0.4, 0.5) is 5.69 Å². The molecule has 0 atom stereocenters. The number of ether oxygens (including phenoxy) is 1. The zero-order valence-corrected chi connectivity index (χ0v) is 12.5. The molecule has 4 heteroatoms. The summed E-state index contributed by atoms with van der Waals surface area (Å²) in [7, 11) is 0. The van der Waals surface area contributed by atoms with Gasteiger partial charge in [0.25, 0.3) is 0 Å². The van der Waals surface area contributed by atoms with Crippen LogP contribution in [0.3, 0.4) is 0 Å². The molecule has 0 amide bonds. The lowest BCUT2D eigenvalue weighted by atomic mass is 10.1. The van der Waals surface area contributed by atoms with E-state index in [9.17, 15) is 9.90 Å². The largest absolute Gasteiger partial charge is 0.508 e. The summed E-state index contributed by atoms with van der Waals surface area (Å²) in [6, 6.07) is 7.31. The molecule has 0 bridgehead atoms. The molecule has 1 N–H and O–H groups in total. The van der Waals surface area contributed by atoms with E-state index in [0.717, 1.165) is 38.0 Å². The Kier molecular flexibility index (Phi) is 7.55. The lowest BCUT2D eigenvalue weighted by Crippen LogP contribution is -2.23. The van der Waals surface area contributed by atoms with Crippen LogP contribution in [-0.2, 0) is 9.53 Å². The van der Waals surface area contributed by atoms with Gasteiger partial charge in [0.05, 0.1) is 6.61 Å². The first kappa shape index (κ1) is 16.3. The monoisotopic (exact) mass is 279 g/mol. The highest BCUT2D eigenvalue weighted by molar-refractivity contribution is 5.69. The Hall–Kier alpha value is -1.71. The Morgan fingerprint density at radius 3 is 2.70 bits per heavy atom. The molecule has 1 rings (SSSR count). The van der Waals surface area contributed by atoms with Crippen molar-refractivity contribution in [3.63, 3.8) is 0 Å². The minimum Gasteiger partial charge on any atom is -0.508 e. The molecule has 0 saturated heterocycles. The van der Waals surface area contributed by atoms with Gasteiger partial charge in [-0.25, -0.2) is 0 Å². The highest BCUT2D eigenvalue weighted by Crippen LogP contribution is 2.20. The normalized spacial score (nSPS) is 10.3. The standard InChI is InChI=1S/C16H25NO3/c1-3-17(14-9-8-10-15(18)13-14)12-7-5-6-11-16(19)20-4-2/h8-10,13,18H,3-7,11-12H2,1-2H3. The van der Waals surface area contributed by atoms with Crippen molar-refractivity contribution in [1.82, 2.24) is 0 Å². The van der Waals surface area contributed by atoms with Gasteiger partial charge in [-0.1, -0.05) is 12.5 Å². The van der Waals surface area contributed by atoms with E-state index in [2.05, 4.69) is 11.8 Å². The number of phenols is 1. The van der Waals surface area contributed by atoms with Crippen LogP contribution in [0.15, 0.2) is 24.3 Å². The van der Waals surface area contributed by atoms with Crippen LogP contribution >= 0.6 is 0 Å². The third kappa shape index (κ3) is 5.95. The van der Waals surface area contributed by atoms with E-state index >= 15 is 0 Å². The van der Waals surface area contributed by atoms with Gasteiger partial charge in [0.15, 0.2) is 0 Å². The minimum atomic E-state index is -0.104. The Bertz CT molecular complexity index is 406. The molecule has 1 aromatic carbocycles. The lowest BCUT2D eigenvalue weighted by molar-refractivity contribution is -0.143. The van der Waals surface area contributed by atoms with Crippen LogP contribution in [0, 0.1) is 0 Å². The number of unbranched alkanes of at least 4 members (excludes halogenated alkanes) is 2. The molecule has 0 spiro atoms. The molecule has 1 aromatic rings. The molecule has 0 fully saturated rings. The summed E-state index contributed by atoms with van der Waals surface area (Å²) in [5, 5.41) is 9.50. The lowest BCUT2D eigenvalue weighted by Gasteiger charge is -2.23. The van der Waals surface area contributed by atoms with Crippen molar-refractivity contribution in [2.45, 2.75) is 39.5 Å². The van der Waals surface area contributed by atoms with Crippen molar-refractivity contribution in [1.29, 1.82) is 0 Å². The number of phenolic OH excluding ortho intramolecular Hbond substituents is 1. The van der Waals surface area contributed by atoms with Gasteiger partial charge in [0, 0.05) is 31.3 Å². The number of carbonyl (C=O) groups excluding carboxylic acids is 1. The van der Waals surface area contributed by atoms with E-state index in [1.54, 1.807) is 12.1 Å². The van der Waals surface area contributed by atoms with Crippen molar-refractivity contribution in [2.75, 3.05) is 24.6 Å². The van der Waals surface area contributed by atoms with Gasteiger partial charge in [-0.15, -0.1) is 0 Å². The predicted molar refractivity (Wildman–Crippen MR) is 81.1 cm³/mol. The molecule has 0 aromatic heterocycles. The van der Waals surface area contributed by atoms with Gasteiger partial charge in [0.2, 0.25) is 0 Å². The van der Waals surface area contributed by atoms with Crippen LogP contribution in [0.1, 0.15) is 39.5 Å². The van der Waals surface area contributed by atoms with Crippen molar-refractivity contribution >= 4 is 11.7 Å². The molecule has 0 radical (unpaired) electrons. The van der Waals surface area contributed by atoms with E-state index in [0.29, 0.717) is 18.8 Å². The van der Waals surface area contributed by atoms with Gasteiger partial charge in [0.1, 0.15) is 5.75 Å². The van der Waals surface area contributed by atoms with Gasteiger partial charge in [-0.3, -0.25) is 4.79 Å². The molecule has 0 heterocycles. The second-order valence-corrected chi connectivity index (χ2v) is 4.72. The number of nitrogens with zero attached hydrogens (tertiary/aromatic N) is 1. The van der Waals surface area contributed by atoms with Gasteiger partial charge >= 0.3 is 5.97 Å². The fourth-order valence-corrected chi connectivity index (χ4v) is 2.14. The van der Waals surface area contributed by atoms with Crippen LogP contribution in [0.2, 0.25) is 0 Å². The molecule has 20 heavy (non-hydrogen) atoms. The number of aromatic hydroxyl groups is 1. The van der Waals surface area contributed by atoms with E-state index in [1.807, 2.05) is 19.1 Å². The Balaban J connectivity index is 2.27. The Morgan fingerprint density at radius 1 is 1.25 bits per heavy atom. The molecule has 4 nitrogen and oxygen atoms in total. The van der Waals surface area contributed by atoms with Crippen LogP contribution in [-0.4, -0.2) is 30.8 Å². The summed E-state index contributed by atoms with van der Waals surface area (Å²) in [5.74, 6) is 0.191. The van der Waals surface area contributed by atoms with E-state index in [4.69, 9.17) is 4.74 Å². The molecular formula is C16H25NO3. The first-order valence-electron chi connectivity index (χ1n) is 7.37. The molecule has 0 saturated carbocycles. The highest BCUT2D eigenvalue weighted by Gasteiger charge is 2.05. The third-order valence-electron chi connectivity index (χ3n) is 3.19. The number of hydrogen-bond acceptors (Lipinski definition) is 4. The SMILES string of the molecule is CCOC(=O)CCCCCN(CC)c1cccc(O)c1. The topological polar surface area (TPSA) is 49.8 Å². The molecule has 0 aliphatic carbocycles. The fraction of sp³-hybridized carbons (Fsp3) is 0.562. The summed E-state index contributed by atoms with van der Waals surface area (Å²) in [6.07, 6.45) is 3.42. The van der Waals surface area contributed by atoms with Crippen molar-refractivity contribution in [3.8, 4) is 5.75 Å². The minimum absolute atomic E-state index is 0.104. The number of carbonyl (C=O) groups is 1. The van der Waals surface area contributed by atoms with Crippen LogP contribution < -0.4 is 4.90 Å². The maximum absolute atomic E-state index is 11.2. The van der Waals surface area contributed by atoms with E-state index in [1.165, 1.54) is 0 Å². The highest BCUT2D eigenvalue weighted by atomic mass is 16.5. The second kappa shape index (κ2) is 9.23. The summed E-state index contributed by atoms with van der Waals surface area (Å²) in [5.41, 5.74) is 1.04. The second-order valence-electron chi connectivity index (χ2n) is 4.72. The maximum Gasteiger partial charge on any atom is 0.305 e. The van der Waals surface area contributed by atoms with Crippen molar-refractivity contribution in [2.24, 2.45) is 0 Å². The van der Waals surface area contributed by atoms with Gasteiger partial charge in [-0.05, 0) is 38.8 Å². The van der Waals surface area contributed by atoms with Crippen molar-refractivity contribution < 1.29 is 14.6 Å². The molecular weight excluding hydrogens is 254 g/mol. The first-order valence-corrected chi connectivity index (χ1v) is 7.37. The quantitative estimate of drug-likeness (QED) is 0.556. The zero-order chi connectivity index (χ0) is 14.8. The Labute approximate surface area is 121 Å². The van der Waals surface area contributed by atoms with E-state index < -0.39 is 0 Å². The van der Waals surface area contributed by atoms with Gasteiger partial charge in [-0.2, -0.15) is 0 Å². The zero-order valence-electron chi connectivity index (χ0n) is 12.5. The van der Waals surface area contributed by atoms with Crippen LogP contribution in [0.25, 0.3) is 0 Å². The molecule has 0 aliphatic rings. The third-order valence-corrected chi connectivity index (χ3v) is 3.19. The fourth-order valence-electron chi connectivity index (χ4n) is 2.14. The summed E-state index contributed by atoms with van der Waals surface area (Å²) in [4.78, 5) is 13.4. The van der Waals surface area contributed by atoms with Crippen LogP contribution in [0.5, 0.6) is 5.75 Å². The average Bonchev–Trinajstić information content (AvgIpc) is 2.43. The number of benzene rings is 1. The van der Waals surface area contributed by atoms with E-state index in [-0.39, 0.29) is 5.97 Å². The summed E-state index contributed by atoms with van der Waals surface area (Å²) < 4.78 is 4.90. The number of esters is 1. The predicted octanol–water partition coefficient (Wildman–Crippen LogP) is 3.34. The number of rotatable bonds is 9. The smallest absolute Gasteiger partial charge is 0.305 e. The molecule has 0 unspecified atom stereocenters. The summed E-state index contributed by atoms with van der Waals surface area (Å²) >= 11 is 0. The van der Waals surface area contributed by atoms with Gasteiger partial charge < -0.3 is 14.7 Å². The van der Waals surface area contributed by atoms with Crippen molar-refractivity contribution in [3.05, 3.63) is 24.3 Å². The number of hydrogen-bond donors (Lipinski definition) is 1. The molecule has 112 valence electrons. The Morgan fingerprint density at radius 2 is 2.05 bits per heavy atom. The first-order chi connectivity index (χ1) is 9.67. The number of anilines is 1. The maximum atomic E-state index is 11.2. The summed E-state index contributed by atoms with van der Waals surface area (Å²) in [6.45, 7) is 6.22.